The molecule has 0 amide bonds. The van der Waals surface area contributed by atoms with E-state index in [1.54, 1.807) is 0 Å². The quantitative estimate of drug-likeness (QED) is 0.735. The number of nitrogens with zero attached hydrogens (tertiary/aromatic N) is 1. The van der Waals surface area contributed by atoms with Gasteiger partial charge in [0.05, 0.1) is 19.3 Å². The fraction of sp³-hybridized carbons (Fsp3) is 0.462. The summed E-state index contributed by atoms with van der Waals surface area (Å²) in [6.07, 6.45) is -0.0490. The number of hydrogen-bond donors (Lipinski definition) is 1. The van der Waals surface area contributed by atoms with Crippen LogP contribution in [0.4, 0.5) is 0 Å². The van der Waals surface area contributed by atoms with Crippen LogP contribution < -0.4 is 4.74 Å². The van der Waals surface area contributed by atoms with E-state index in [2.05, 4.69) is 6.07 Å². The van der Waals surface area contributed by atoms with Crippen molar-refractivity contribution in [2.24, 2.45) is 0 Å². The van der Waals surface area contributed by atoms with Gasteiger partial charge in [-0.1, -0.05) is 12.1 Å². The summed E-state index contributed by atoms with van der Waals surface area (Å²) < 4.78 is 10.7. The van der Waals surface area contributed by atoms with Crippen molar-refractivity contribution in [3.8, 4) is 11.8 Å². The lowest BCUT2D eigenvalue weighted by molar-refractivity contribution is 0.0773. The normalized spacial score (nSPS) is 11.8. The van der Waals surface area contributed by atoms with Crippen molar-refractivity contribution in [1.82, 2.24) is 0 Å². The lowest BCUT2D eigenvalue weighted by atomic mass is 10.1. The van der Waals surface area contributed by atoms with E-state index in [-0.39, 0.29) is 6.61 Å². The molecule has 4 heteroatoms. The van der Waals surface area contributed by atoms with E-state index < -0.39 is 6.10 Å². The summed E-state index contributed by atoms with van der Waals surface area (Å²) in [5, 5.41) is 17.6. The number of ether oxygens (including phenoxy) is 2. The fourth-order valence-corrected chi connectivity index (χ4v) is 1.38. The van der Waals surface area contributed by atoms with Crippen LogP contribution in [-0.2, 0) is 4.74 Å². The van der Waals surface area contributed by atoms with Gasteiger partial charge in [-0.3, -0.25) is 0 Å². The Bertz CT molecular complexity index is 356. The first kappa shape index (κ1) is 13.5. The number of benzene rings is 1. The molecule has 0 aliphatic rings. The molecule has 0 bridgehead atoms. The lowest BCUT2D eigenvalue weighted by Crippen LogP contribution is -2.04. The first-order valence-electron chi connectivity index (χ1n) is 5.66. The van der Waals surface area contributed by atoms with Crippen LogP contribution in [-0.4, -0.2) is 24.9 Å². The number of aliphatic hydroxyl groups is 1. The Morgan fingerprint density at radius 1 is 1.35 bits per heavy atom. The second kappa shape index (κ2) is 7.66. The van der Waals surface area contributed by atoms with Gasteiger partial charge in [0.15, 0.2) is 6.10 Å². The third kappa shape index (κ3) is 4.43. The highest BCUT2D eigenvalue weighted by molar-refractivity contribution is 5.30. The van der Waals surface area contributed by atoms with Crippen molar-refractivity contribution in [3.05, 3.63) is 29.8 Å². The third-order valence-electron chi connectivity index (χ3n) is 2.20. The summed E-state index contributed by atoms with van der Waals surface area (Å²) in [5.41, 5.74) is 0.800. The SMILES string of the molecule is CCOc1ccc(C(C#N)OCCCO)cc1. The molecule has 0 saturated carbocycles. The average Bonchev–Trinajstić information content (AvgIpc) is 2.36. The molecule has 0 aromatic heterocycles. The minimum atomic E-state index is -0.586. The predicted octanol–water partition coefficient (Wildman–Crippen LogP) is 2.05. The molecule has 92 valence electrons. The molecular formula is C13H17NO3. The van der Waals surface area contributed by atoms with Gasteiger partial charge in [-0.2, -0.15) is 5.26 Å². The maximum Gasteiger partial charge on any atom is 0.169 e. The molecule has 1 atom stereocenters. The first-order chi connectivity index (χ1) is 8.31. The Morgan fingerprint density at radius 2 is 2.06 bits per heavy atom. The van der Waals surface area contributed by atoms with Crippen LogP contribution in [0.2, 0.25) is 0 Å². The van der Waals surface area contributed by atoms with E-state index >= 15 is 0 Å². The Kier molecular flexibility index (Phi) is 6.08. The van der Waals surface area contributed by atoms with Gasteiger partial charge in [-0.05, 0) is 31.0 Å². The standard InChI is InChI=1S/C13H17NO3/c1-2-16-12-6-4-11(5-7-12)13(10-14)17-9-3-8-15/h4-7,13,15H,2-3,8-9H2,1H3. The molecule has 0 spiro atoms. The van der Waals surface area contributed by atoms with E-state index in [1.807, 2.05) is 31.2 Å². The van der Waals surface area contributed by atoms with Gasteiger partial charge in [-0.25, -0.2) is 0 Å². The molecule has 1 aromatic rings. The third-order valence-corrected chi connectivity index (χ3v) is 2.20. The second-order valence-corrected chi connectivity index (χ2v) is 3.46. The zero-order chi connectivity index (χ0) is 12.5. The van der Waals surface area contributed by atoms with Gasteiger partial charge in [0.2, 0.25) is 0 Å². The fourth-order valence-electron chi connectivity index (χ4n) is 1.38. The lowest BCUT2D eigenvalue weighted by Gasteiger charge is -2.11. The molecule has 0 radical (unpaired) electrons. The zero-order valence-corrected chi connectivity index (χ0v) is 9.93. The van der Waals surface area contributed by atoms with E-state index in [4.69, 9.17) is 19.8 Å². The summed E-state index contributed by atoms with van der Waals surface area (Å²) in [7, 11) is 0. The molecule has 1 rings (SSSR count). The number of aliphatic hydroxyl groups excluding tert-OH is 1. The van der Waals surface area contributed by atoms with Crippen molar-refractivity contribution in [1.29, 1.82) is 5.26 Å². The minimum Gasteiger partial charge on any atom is -0.494 e. The van der Waals surface area contributed by atoms with E-state index in [0.717, 1.165) is 11.3 Å². The molecule has 1 N–H and O–H groups in total. The summed E-state index contributed by atoms with van der Waals surface area (Å²) in [4.78, 5) is 0. The van der Waals surface area contributed by atoms with Gasteiger partial charge < -0.3 is 14.6 Å². The monoisotopic (exact) mass is 235 g/mol. The highest BCUT2D eigenvalue weighted by Crippen LogP contribution is 2.20. The van der Waals surface area contributed by atoms with Crippen LogP contribution in [0.15, 0.2) is 24.3 Å². The van der Waals surface area contributed by atoms with Crippen LogP contribution >= 0.6 is 0 Å². The van der Waals surface area contributed by atoms with E-state index in [9.17, 15) is 0 Å². The topological polar surface area (TPSA) is 62.5 Å². The highest BCUT2D eigenvalue weighted by atomic mass is 16.5. The van der Waals surface area contributed by atoms with Crippen molar-refractivity contribution in [2.75, 3.05) is 19.8 Å². The predicted molar refractivity (Wildman–Crippen MR) is 63.6 cm³/mol. The van der Waals surface area contributed by atoms with Crippen molar-refractivity contribution < 1.29 is 14.6 Å². The highest BCUT2D eigenvalue weighted by Gasteiger charge is 2.10. The molecule has 0 heterocycles. The summed E-state index contributed by atoms with van der Waals surface area (Å²) in [5.74, 6) is 0.781. The maximum atomic E-state index is 8.98. The zero-order valence-electron chi connectivity index (χ0n) is 9.93. The number of nitriles is 1. The van der Waals surface area contributed by atoms with Crippen LogP contribution in [0.25, 0.3) is 0 Å². The van der Waals surface area contributed by atoms with Crippen LogP contribution in [0, 0.1) is 11.3 Å². The van der Waals surface area contributed by atoms with Crippen molar-refractivity contribution in [3.63, 3.8) is 0 Å². The molecule has 0 aliphatic heterocycles. The maximum absolute atomic E-state index is 8.98. The molecule has 1 unspecified atom stereocenters. The molecule has 17 heavy (non-hydrogen) atoms. The average molecular weight is 235 g/mol. The molecule has 0 aliphatic carbocycles. The summed E-state index contributed by atoms with van der Waals surface area (Å²) in [6.45, 7) is 2.99. The molecule has 0 saturated heterocycles. The Balaban J connectivity index is 2.59. The van der Waals surface area contributed by atoms with Crippen molar-refractivity contribution in [2.45, 2.75) is 19.4 Å². The largest absolute Gasteiger partial charge is 0.494 e. The van der Waals surface area contributed by atoms with Crippen molar-refractivity contribution >= 4 is 0 Å². The van der Waals surface area contributed by atoms with Gasteiger partial charge in [-0.15, -0.1) is 0 Å². The first-order valence-corrected chi connectivity index (χ1v) is 5.66. The Morgan fingerprint density at radius 3 is 2.59 bits per heavy atom. The summed E-state index contributed by atoms with van der Waals surface area (Å²) in [6, 6.07) is 9.35. The molecule has 0 fully saturated rings. The van der Waals surface area contributed by atoms with Gasteiger partial charge in [0.25, 0.3) is 0 Å². The Labute approximate surface area is 101 Å². The van der Waals surface area contributed by atoms with Crippen LogP contribution in [0.1, 0.15) is 25.0 Å². The Hall–Kier alpha value is -1.57. The summed E-state index contributed by atoms with van der Waals surface area (Å²) >= 11 is 0. The number of hydrogen-bond acceptors (Lipinski definition) is 4. The van der Waals surface area contributed by atoms with E-state index in [0.29, 0.717) is 19.6 Å². The second-order valence-electron chi connectivity index (χ2n) is 3.46. The van der Waals surface area contributed by atoms with E-state index in [1.165, 1.54) is 0 Å². The molecule has 4 nitrogen and oxygen atoms in total. The molecular weight excluding hydrogens is 218 g/mol. The van der Waals surface area contributed by atoms with Gasteiger partial charge >= 0.3 is 0 Å². The minimum absolute atomic E-state index is 0.0709. The molecule has 1 aromatic carbocycles. The van der Waals surface area contributed by atoms with Crippen LogP contribution in [0.3, 0.4) is 0 Å². The number of rotatable bonds is 7. The van der Waals surface area contributed by atoms with Gasteiger partial charge in [0, 0.05) is 6.61 Å². The van der Waals surface area contributed by atoms with Gasteiger partial charge in [0.1, 0.15) is 5.75 Å². The van der Waals surface area contributed by atoms with Crippen LogP contribution in [0.5, 0.6) is 5.75 Å². The smallest absolute Gasteiger partial charge is 0.169 e.